The molecular weight excluding hydrogens is 224 g/mol. The molecule has 0 unspecified atom stereocenters. The summed E-state index contributed by atoms with van der Waals surface area (Å²) in [7, 11) is 1.79. The normalized spacial score (nSPS) is 20.8. The highest BCUT2D eigenvalue weighted by Gasteiger charge is 2.29. The van der Waals surface area contributed by atoms with Gasteiger partial charge in [0.2, 0.25) is 0 Å². The van der Waals surface area contributed by atoms with Crippen molar-refractivity contribution in [2.24, 2.45) is 0 Å². The molecule has 0 aromatic carbocycles. The maximum atomic E-state index is 5.10. The molecule has 3 nitrogen and oxygen atoms in total. The fourth-order valence-electron chi connectivity index (χ4n) is 2.89. The Morgan fingerprint density at radius 2 is 1.94 bits per heavy atom. The summed E-state index contributed by atoms with van der Waals surface area (Å²) in [5, 5.41) is 3.77. The van der Waals surface area contributed by atoms with Gasteiger partial charge in [0.15, 0.2) is 0 Å². The molecule has 0 amide bonds. The average Bonchev–Trinajstić information content (AvgIpc) is 2.61. The van der Waals surface area contributed by atoms with Crippen LogP contribution in [0.2, 0.25) is 0 Å². The molecule has 0 atom stereocenters. The predicted molar refractivity (Wildman–Crippen MR) is 78.1 cm³/mol. The number of ether oxygens (including phenoxy) is 1. The van der Waals surface area contributed by atoms with E-state index in [0.717, 1.165) is 6.61 Å². The molecule has 0 saturated carbocycles. The Balaban J connectivity index is 2.30. The Morgan fingerprint density at radius 1 is 1.17 bits per heavy atom. The number of methoxy groups -OCH3 is 1. The van der Waals surface area contributed by atoms with E-state index in [1.54, 1.807) is 7.11 Å². The molecule has 1 aliphatic rings. The minimum atomic E-state index is 0.364. The number of hydrogen-bond donors (Lipinski definition) is 1. The summed E-state index contributed by atoms with van der Waals surface area (Å²) in [6.45, 7) is 10.5. The van der Waals surface area contributed by atoms with Crippen LogP contribution in [0.15, 0.2) is 0 Å². The van der Waals surface area contributed by atoms with Gasteiger partial charge in [-0.1, -0.05) is 13.8 Å². The van der Waals surface area contributed by atoms with Crippen LogP contribution in [-0.4, -0.2) is 50.3 Å². The largest absolute Gasteiger partial charge is 0.385 e. The highest BCUT2D eigenvalue weighted by atomic mass is 16.5. The lowest BCUT2D eigenvalue weighted by Gasteiger charge is -2.35. The van der Waals surface area contributed by atoms with E-state index >= 15 is 0 Å². The molecule has 108 valence electrons. The van der Waals surface area contributed by atoms with Crippen LogP contribution < -0.4 is 5.32 Å². The van der Waals surface area contributed by atoms with Gasteiger partial charge >= 0.3 is 0 Å². The van der Waals surface area contributed by atoms with Gasteiger partial charge < -0.3 is 15.0 Å². The van der Waals surface area contributed by atoms with Crippen LogP contribution in [0.25, 0.3) is 0 Å². The summed E-state index contributed by atoms with van der Waals surface area (Å²) in [6, 6.07) is 0. The molecule has 0 aromatic rings. The summed E-state index contributed by atoms with van der Waals surface area (Å²) in [6.07, 6.45) is 7.58. The summed E-state index contributed by atoms with van der Waals surface area (Å²) in [4.78, 5) is 2.67. The van der Waals surface area contributed by atoms with Gasteiger partial charge in [-0.05, 0) is 58.2 Å². The summed E-state index contributed by atoms with van der Waals surface area (Å²) in [5.41, 5.74) is 0.364. The molecular formula is C15H32N2O. The third-order valence-corrected chi connectivity index (χ3v) is 4.35. The zero-order chi connectivity index (χ0) is 13.3. The average molecular weight is 256 g/mol. The molecule has 0 bridgehead atoms. The molecule has 1 N–H and O–H groups in total. The van der Waals surface area contributed by atoms with Gasteiger partial charge in [0.05, 0.1) is 0 Å². The van der Waals surface area contributed by atoms with E-state index in [0.29, 0.717) is 5.54 Å². The minimum absolute atomic E-state index is 0.364. The van der Waals surface area contributed by atoms with E-state index in [1.165, 1.54) is 64.7 Å². The highest BCUT2D eigenvalue weighted by Crippen LogP contribution is 2.20. The van der Waals surface area contributed by atoms with Crippen molar-refractivity contribution in [2.45, 2.75) is 57.9 Å². The summed E-state index contributed by atoms with van der Waals surface area (Å²) < 4.78 is 5.10. The number of hydrogen-bond acceptors (Lipinski definition) is 3. The van der Waals surface area contributed by atoms with Crippen LogP contribution in [-0.2, 0) is 4.74 Å². The van der Waals surface area contributed by atoms with Crippen molar-refractivity contribution in [2.75, 3.05) is 39.9 Å². The number of nitrogens with one attached hydrogen (secondary N) is 1. The van der Waals surface area contributed by atoms with Crippen LogP contribution in [0.4, 0.5) is 0 Å². The van der Waals surface area contributed by atoms with Gasteiger partial charge in [-0.2, -0.15) is 0 Å². The van der Waals surface area contributed by atoms with Gasteiger partial charge in [-0.25, -0.2) is 0 Å². The van der Waals surface area contributed by atoms with Crippen molar-refractivity contribution in [1.82, 2.24) is 10.2 Å². The zero-order valence-corrected chi connectivity index (χ0v) is 12.6. The lowest BCUT2D eigenvalue weighted by atomic mass is 9.92. The zero-order valence-electron chi connectivity index (χ0n) is 12.6. The van der Waals surface area contributed by atoms with Crippen molar-refractivity contribution in [3.05, 3.63) is 0 Å². The smallest absolute Gasteiger partial charge is 0.0462 e. The van der Waals surface area contributed by atoms with Gasteiger partial charge in [0, 0.05) is 25.8 Å². The molecule has 1 fully saturated rings. The first kappa shape index (κ1) is 15.9. The first-order valence-corrected chi connectivity index (χ1v) is 7.72. The van der Waals surface area contributed by atoms with Crippen LogP contribution in [0.1, 0.15) is 52.4 Å². The molecule has 18 heavy (non-hydrogen) atoms. The summed E-state index contributed by atoms with van der Waals surface area (Å²) >= 11 is 0. The first-order chi connectivity index (χ1) is 8.76. The van der Waals surface area contributed by atoms with Crippen LogP contribution in [0.3, 0.4) is 0 Å². The van der Waals surface area contributed by atoms with Crippen molar-refractivity contribution < 1.29 is 4.74 Å². The summed E-state index contributed by atoms with van der Waals surface area (Å²) in [5.74, 6) is 0. The molecule has 0 aromatic heterocycles. The van der Waals surface area contributed by atoms with Crippen molar-refractivity contribution >= 4 is 0 Å². The second kappa shape index (κ2) is 8.89. The van der Waals surface area contributed by atoms with Gasteiger partial charge in [-0.3, -0.25) is 0 Å². The molecule has 0 spiro atoms. The quantitative estimate of drug-likeness (QED) is 0.676. The lowest BCUT2D eigenvalue weighted by Crippen LogP contribution is -2.50. The fourth-order valence-corrected chi connectivity index (χ4v) is 2.89. The van der Waals surface area contributed by atoms with E-state index < -0.39 is 0 Å². The lowest BCUT2D eigenvalue weighted by molar-refractivity contribution is 0.179. The third-order valence-electron chi connectivity index (χ3n) is 4.35. The van der Waals surface area contributed by atoms with Crippen LogP contribution in [0.5, 0.6) is 0 Å². The van der Waals surface area contributed by atoms with Gasteiger partial charge in [0.1, 0.15) is 0 Å². The number of unbranched alkanes of at least 4 members (excludes halogenated alkanes) is 2. The Bertz CT molecular complexity index is 205. The van der Waals surface area contributed by atoms with E-state index in [1.807, 2.05) is 0 Å². The number of rotatable bonds is 8. The van der Waals surface area contributed by atoms with E-state index in [4.69, 9.17) is 4.74 Å². The molecule has 1 rings (SSSR count). The molecule has 0 radical (unpaired) electrons. The first-order valence-electron chi connectivity index (χ1n) is 7.72. The second-order valence-corrected chi connectivity index (χ2v) is 5.60. The van der Waals surface area contributed by atoms with Crippen molar-refractivity contribution in [1.29, 1.82) is 0 Å². The Labute approximate surface area is 113 Å². The maximum Gasteiger partial charge on any atom is 0.0462 e. The van der Waals surface area contributed by atoms with E-state index in [9.17, 15) is 0 Å². The molecule has 0 aliphatic carbocycles. The van der Waals surface area contributed by atoms with Crippen LogP contribution >= 0.6 is 0 Å². The third kappa shape index (κ3) is 5.25. The fraction of sp³-hybridized carbons (Fsp3) is 1.00. The Kier molecular flexibility index (Phi) is 7.87. The maximum absolute atomic E-state index is 5.10. The Hall–Kier alpha value is -0.120. The van der Waals surface area contributed by atoms with Crippen LogP contribution in [0, 0.1) is 0 Å². The number of nitrogens with zero attached hydrogens (tertiary/aromatic N) is 1. The highest BCUT2D eigenvalue weighted by molar-refractivity contribution is 4.90. The van der Waals surface area contributed by atoms with E-state index in [-0.39, 0.29) is 0 Å². The van der Waals surface area contributed by atoms with Crippen molar-refractivity contribution in [3.8, 4) is 0 Å². The van der Waals surface area contributed by atoms with Gasteiger partial charge in [0.25, 0.3) is 0 Å². The predicted octanol–water partition coefficient (Wildman–Crippen LogP) is 2.66. The monoisotopic (exact) mass is 256 g/mol. The van der Waals surface area contributed by atoms with Gasteiger partial charge in [-0.15, -0.1) is 0 Å². The molecule has 1 heterocycles. The van der Waals surface area contributed by atoms with Crippen molar-refractivity contribution in [3.63, 3.8) is 0 Å². The minimum Gasteiger partial charge on any atom is -0.385 e. The molecule has 1 saturated heterocycles. The topological polar surface area (TPSA) is 24.5 Å². The second-order valence-electron chi connectivity index (χ2n) is 5.60. The van der Waals surface area contributed by atoms with E-state index in [2.05, 4.69) is 24.1 Å². The molecule has 1 aliphatic heterocycles. The molecule has 3 heteroatoms. The standard InChI is InChI=1S/C15H32N2O/c1-4-15(5-2)14-17(12-9-10-16-15)11-7-6-8-13-18-3/h16H,4-14H2,1-3H3. The Morgan fingerprint density at radius 3 is 2.61 bits per heavy atom. The SMILES string of the molecule is CCC1(CC)CN(CCCCCOC)CCCN1.